The van der Waals surface area contributed by atoms with Gasteiger partial charge in [-0.2, -0.15) is 0 Å². The summed E-state index contributed by atoms with van der Waals surface area (Å²) in [6, 6.07) is 48.6. The van der Waals surface area contributed by atoms with E-state index < -0.39 is 0 Å². The van der Waals surface area contributed by atoms with Crippen LogP contribution >= 0.6 is 11.8 Å². The monoisotopic (exact) mass is 761 g/mol. The average molecular weight is 762 g/mol. The van der Waals surface area contributed by atoms with Crippen molar-refractivity contribution in [3.8, 4) is 11.1 Å². The topological polar surface area (TPSA) is 16.4 Å². The summed E-state index contributed by atoms with van der Waals surface area (Å²) >= 11 is 2.00. The van der Waals surface area contributed by atoms with Gasteiger partial charge in [0.25, 0.3) is 0 Å². The van der Waals surface area contributed by atoms with Crippen LogP contribution in [0.1, 0.15) is 94.9 Å². The number of benzene rings is 6. The van der Waals surface area contributed by atoms with Gasteiger partial charge < -0.3 is 9.32 Å². The van der Waals surface area contributed by atoms with Crippen LogP contribution in [-0.4, -0.2) is 0 Å². The van der Waals surface area contributed by atoms with Crippen molar-refractivity contribution in [1.29, 1.82) is 0 Å². The summed E-state index contributed by atoms with van der Waals surface area (Å²) in [6.07, 6.45) is 9.41. The predicted molar refractivity (Wildman–Crippen MR) is 238 cm³/mol. The van der Waals surface area contributed by atoms with E-state index in [1.54, 1.807) is 11.1 Å². The first-order valence-corrected chi connectivity index (χ1v) is 22.4. The fourth-order valence-corrected chi connectivity index (χ4v) is 14.3. The molecule has 0 amide bonds. The lowest BCUT2D eigenvalue weighted by Gasteiger charge is -2.63. The van der Waals surface area contributed by atoms with Gasteiger partial charge in [0, 0.05) is 26.3 Å². The molecule has 0 saturated heterocycles. The van der Waals surface area contributed by atoms with Crippen LogP contribution < -0.4 is 4.90 Å². The molecule has 2 heterocycles. The van der Waals surface area contributed by atoms with Crippen molar-refractivity contribution in [3.63, 3.8) is 0 Å². The number of hydrogen-bond donors (Lipinski definition) is 0. The van der Waals surface area contributed by atoms with Crippen LogP contribution in [-0.2, 0) is 16.2 Å². The molecule has 13 rings (SSSR count). The molecule has 4 fully saturated rings. The minimum Gasteiger partial charge on any atom is -0.456 e. The summed E-state index contributed by atoms with van der Waals surface area (Å²) in [4.78, 5) is 5.51. The standard InChI is InChI=1S/C54H51NOS/c1-52(2)25-26-53(3,4)51-42(52)13-9-15-45(51)55(44-14-10-17-47-50(44)40-11-5-7-16-46(40)56-47)39-22-19-35(20-23-39)36-21-24-49-43(32-36)54(41-12-6-8-18-48(41)57-49)37-28-33-27-34(30-37)31-38(54)29-33/h5-24,32-34,37-38H,25-31H2,1-4H3. The van der Waals surface area contributed by atoms with Crippen LogP contribution in [0.5, 0.6) is 0 Å². The van der Waals surface area contributed by atoms with E-state index in [4.69, 9.17) is 4.42 Å². The molecule has 2 nitrogen and oxygen atoms in total. The molecule has 284 valence electrons. The Morgan fingerprint density at radius 2 is 1.18 bits per heavy atom. The molecule has 1 aliphatic heterocycles. The van der Waals surface area contributed by atoms with Crippen molar-refractivity contribution in [3.05, 3.63) is 150 Å². The highest BCUT2D eigenvalue weighted by Crippen LogP contribution is 2.69. The molecule has 1 spiro atoms. The molecule has 1 aromatic heterocycles. The van der Waals surface area contributed by atoms with Crippen LogP contribution in [0, 0.1) is 23.7 Å². The van der Waals surface area contributed by atoms with E-state index in [0.29, 0.717) is 0 Å². The number of furan rings is 1. The van der Waals surface area contributed by atoms with Gasteiger partial charge in [0.15, 0.2) is 0 Å². The quantitative estimate of drug-likeness (QED) is 0.178. The van der Waals surface area contributed by atoms with E-state index in [-0.39, 0.29) is 16.2 Å². The maximum absolute atomic E-state index is 6.50. The van der Waals surface area contributed by atoms with Gasteiger partial charge in [-0.15, -0.1) is 0 Å². The predicted octanol–water partition coefficient (Wildman–Crippen LogP) is 15.3. The fraction of sp³-hybridized carbons (Fsp3) is 0.333. The fourth-order valence-electron chi connectivity index (χ4n) is 13.1. The zero-order valence-corrected chi connectivity index (χ0v) is 34.5. The summed E-state index contributed by atoms with van der Waals surface area (Å²) in [6.45, 7) is 9.75. The summed E-state index contributed by atoms with van der Waals surface area (Å²) < 4.78 is 6.50. The largest absolute Gasteiger partial charge is 0.456 e. The molecule has 57 heavy (non-hydrogen) atoms. The third-order valence-corrected chi connectivity index (χ3v) is 16.7. The van der Waals surface area contributed by atoms with Crippen LogP contribution in [0.4, 0.5) is 17.1 Å². The molecule has 0 N–H and O–H groups in total. The van der Waals surface area contributed by atoms with Gasteiger partial charge in [-0.25, -0.2) is 0 Å². The van der Waals surface area contributed by atoms with Crippen LogP contribution in [0.15, 0.2) is 142 Å². The molecule has 0 atom stereocenters. The van der Waals surface area contributed by atoms with Gasteiger partial charge in [0.2, 0.25) is 0 Å². The summed E-state index contributed by atoms with van der Waals surface area (Å²) in [5.41, 5.74) is 14.5. The first kappa shape index (κ1) is 34.3. The Bertz CT molecular complexity index is 2720. The molecule has 7 aromatic rings. The van der Waals surface area contributed by atoms with Gasteiger partial charge >= 0.3 is 0 Å². The Hall–Kier alpha value is -4.73. The van der Waals surface area contributed by atoms with Gasteiger partial charge in [0.05, 0.1) is 16.8 Å². The van der Waals surface area contributed by atoms with Crippen molar-refractivity contribution in [2.75, 3.05) is 4.90 Å². The zero-order valence-electron chi connectivity index (χ0n) is 33.6. The van der Waals surface area contributed by atoms with E-state index in [1.807, 2.05) is 11.8 Å². The Morgan fingerprint density at radius 1 is 0.544 bits per heavy atom. The third-order valence-electron chi connectivity index (χ3n) is 15.5. The van der Waals surface area contributed by atoms with Gasteiger partial charge in [-0.1, -0.05) is 112 Å². The number of anilines is 3. The molecule has 0 unspecified atom stereocenters. The molecule has 5 aliphatic carbocycles. The van der Waals surface area contributed by atoms with Crippen molar-refractivity contribution in [2.24, 2.45) is 23.7 Å². The maximum atomic E-state index is 6.50. The number of hydrogen-bond acceptors (Lipinski definition) is 3. The molecule has 4 saturated carbocycles. The van der Waals surface area contributed by atoms with Gasteiger partial charge in [-0.3, -0.25) is 0 Å². The number of fused-ring (bicyclic) bond motifs is 6. The molecular weight excluding hydrogens is 711 g/mol. The molecule has 6 aliphatic rings. The molecule has 0 radical (unpaired) electrons. The summed E-state index contributed by atoms with van der Waals surface area (Å²) in [5, 5.41) is 2.32. The second kappa shape index (κ2) is 12.1. The number of nitrogens with zero attached hydrogens (tertiary/aromatic N) is 1. The highest BCUT2D eigenvalue weighted by Gasteiger charge is 2.60. The average Bonchev–Trinajstić information content (AvgIpc) is 3.61. The van der Waals surface area contributed by atoms with Crippen molar-refractivity contribution in [2.45, 2.75) is 98.7 Å². The van der Waals surface area contributed by atoms with E-state index in [0.717, 1.165) is 57.7 Å². The molecule has 3 heteroatoms. The Morgan fingerprint density at radius 3 is 1.98 bits per heavy atom. The Labute approximate surface area is 341 Å². The first-order chi connectivity index (χ1) is 27.7. The normalized spacial score (nSPS) is 26.0. The molecular formula is C54H51NOS. The molecule has 6 aromatic carbocycles. The van der Waals surface area contributed by atoms with E-state index in [2.05, 4.69) is 160 Å². The lowest BCUT2D eigenvalue weighted by molar-refractivity contribution is -0.0443. The summed E-state index contributed by atoms with van der Waals surface area (Å²) in [5.74, 6) is 3.35. The minimum atomic E-state index is 0.0274. The maximum Gasteiger partial charge on any atom is 0.137 e. The van der Waals surface area contributed by atoms with Gasteiger partial charge in [-0.05, 0) is 167 Å². The minimum absolute atomic E-state index is 0.0274. The third kappa shape index (κ3) is 4.91. The van der Waals surface area contributed by atoms with E-state index in [1.165, 1.54) is 81.9 Å². The van der Waals surface area contributed by atoms with Gasteiger partial charge in [0.1, 0.15) is 11.2 Å². The first-order valence-electron chi connectivity index (χ1n) is 21.6. The number of para-hydroxylation sites is 1. The second-order valence-corrected chi connectivity index (χ2v) is 20.7. The van der Waals surface area contributed by atoms with E-state index >= 15 is 0 Å². The zero-order chi connectivity index (χ0) is 38.3. The van der Waals surface area contributed by atoms with Crippen LogP contribution in [0.25, 0.3) is 33.1 Å². The lowest BCUT2D eigenvalue weighted by Crippen LogP contribution is -2.57. The second-order valence-electron chi connectivity index (χ2n) is 19.6. The van der Waals surface area contributed by atoms with E-state index in [9.17, 15) is 0 Å². The van der Waals surface area contributed by atoms with Crippen LogP contribution in [0.3, 0.4) is 0 Å². The number of rotatable bonds is 4. The smallest absolute Gasteiger partial charge is 0.137 e. The Balaban J connectivity index is 1.02. The Kier molecular flexibility index (Phi) is 7.32. The highest BCUT2D eigenvalue weighted by atomic mass is 32.2. The van der Waals surface area contributed by atoms with Crippen molar-refractivity contribution in [1.82, 2.24) is 0 Å². The van der Waals surface area contributed by atoms with Crippen LogP contribution in [0.2, 0.25) is 0 Å². The SMILES string of the molecule is CC1(C)CCC(C)(C)c2c(N(c3ccc(-c4ccc5c(c4)C4(c6ccccc6S5)C5CC6CC(C5)CC4C6)cc3)c3cccc4oc5ccccc5c34)cccc21. The molecule has 4 bridgehead atoms. The summed E-state index contributed by atoms with van der Waals surface area (Å²) in [7, 11) is 0. The highest BCUT2D eigenvalue weighted by molar-refractivity contribution is 7.99. The lowest BCUT2D eigenvalue weighted by atomic mass is 9.42. The van der Waals surface area contributed by atoms with Crippen molar-refractivity contribution >= 4 is 50.8 Å². The van der Waals surface area contributed by atoms with Crippen molar-refractivity contribution < 1.29 is 4.42 Å².